The maximum atomic E-state index is 10.1. The predicted molar refractivity (Wildman–Crippen MR) is 70.1 cm³/mol. The molecule has 0 bridgehead atoms. The van der Waals surface area contributed by atoms with Crippen LogP contribution in [0.15, 0.2) is 0 Å². The maximum absolute atomic E-state index is 10.1. The van der Waals surface area contributed by atoms with E-state index >= 15 is 0 Å². The van der Waals surface area contributed by atoms with Crippen molar-refractivity contribution in [2.75, 3.05) is 0 Å². The molecule has 0 atom stereocenters. The highest BCUT2D eigenvalue weighted by Crippen LogP contribution is 2.04. The Kier molecular flexibility index (Phi) is 22.6. The summed E-state index contributed by atoms with van der Waals surface area (Å²) in [5, 5.41) is 20.1. The zero-order valence-corrected chi connectivity index (χ0v) is 12.6. The number of hydrogen-bond donors (Lipinski definition) is 2. The lowest BCUT2D eigenvalue weighted by atomic mass is 10.1. The Morgan fingerprint density at radius 3 is 0.889 bits per heavy atom. The fraction of sp³-hybridized carbons (Fsp3) is 0.833. The molecule has 112 valence electrons. The quantitative estimate of drug-likeness (QED) is 0.738. The standard InChI is InChI=1S/2C6H12O2.2H3N/c2*1-3-5(4-2)6(7)8;;/h2*5H,3-4H2,1-2H3,(H,7,8);2*1H3. The smallest absolute Gasteiger partial charge is 0.0445 e. The maximum Gasteiger partial charge on any atom is 0.0445 e. The van der Waals surface area contributed by atoms with Crippen LogP contribution in [0.1, 0.15) is 53.4 Å². The number of carboxylic acid groups (broad SMARTS) is 2. The minimum Gasteiger partial charge on any atom is -0.550 e. The van der Waals surface area contributed by atoms with E-state index in [4.69, 9.17) is 0 Å². The van der Waals surface area contributed by atoms with Crippen molar-refractivity contribution in [2.45, 2.75) is 53.4 Å². The Labute approximate surface area is 110 Å². The molecule has 0 rings (SSSR count). The van der Waals surface area contributed by atoms with Gasteiger partial charge in [-0.05, 0) is 37.5 Å². The molecule has 8 N–H and O–H groups in total. The molecule has 0 amide bonds. The molecule has 0 heterocycles. The van der Waals surface area contributed by atoms with Gasteiger partial charge in [-0.1, -0.05) is 27.7 Å². The minimum absolute atomic E-state index is 0. The molecule has 6 heteroatoms. The van der Waals surface area contributed by atoms with Crippen LogP contribution < -0.4 is 22.5 Å². The molecule has 0 aromatic rings. The number of carboxylic acids is 2. The Hall–Kier alpha value is -1.14. The minimum atomic E-state index is -0.921. The monoisotopic (exact) mass is 266 g/mol. The second-order valence-corrected chi connectivity index (χ2v) is 3.66. The van der Waals surface area contributed by atoms with Crippen LogP contribution in [-0.4, -0.2) is 11.9 Å². The number of carbonyl (C=O) groups excluding carboxylic acids is 2. The molecule has 0 aromatic heterocycles. The van der Waals surface area contributed by atoms with Gasteiger partial charge in [0.15, 0.2) is 0 Å². The topological polar surface area (TPSA) is 153 Å². The van der Waals surface area contributed by atoms with Gasteiger partial charge in [-0.3, -0.25) is 0 Å². The molecule has 0 aliphatic rings. The third-order valence-corrected chi connectivity index (χ3v) is 2.64. The predicted octanol–water partition coefficient (Wildman–Crippen LogP) is 1.10. The first-order valence-electron chi connectivity index (χ1n) is 5.86. The zero-order valence-electron chi connectivity index (χ0n) is 12.6. The van der Waals surface area contributed by atoms with Gasteiger partial charge in [-0.15, -0.1) is 0 Å². The van der Waals surface area contributed by atoms with E-state index in [1.54, 1.807) is 0 Å². The molecule has 0 unspecified atom stereocenters. The molecule has 0 radical (unpaired) electrons. The average molecular weight is 266 g/mol. The number of carbonyl (C=O) groups is 2. The zero-order chi connectivity index (χ0) is 13.1. The number of rotatable bonds is 6. The van der Waals surface area contributed by atoms with Gasteiger partial charge in [0.2, 0.25) is 0 Å². The molecule has 0 fully saturated rings. The van der Waals surface area contributed by atoms with Crippen LogP contribution in [0.5, 0.6) is 0 Å². The summed E-state index contributed by atoms with van der Waals surface area (Å²) in [5.74, 6) is -2.32. The highest BCUT2D eigenvalue weighted by molar-refractivity contribution is 5.67. The fourth-order valence-electron chi connectivity index (χ4n) is 1.24. The fourth-order valence-corrected chi connectivity index (χ4v) is 1.24. The molecular weight excluding hydrogens is 236 g/mol. The Morgan fingerprint density at radius 2 is 0.889 bits per heavy atom. The van der Waals surface area contributed by atoms with E-state index < -0.39 is 11.9 Å². The molecule has 18 heavy (non-hydrogen) atoms. The second kappa shape index (κ2) is 15.9. The van der Waals surface area contributed by atoms with Crippen molar-refractivity contribution in [1.82, 2.24) is 12.3 Å². The van der Waals surface area contributed by atoms with E-state index in [2.05, 4.69) is 0 Å². The van der Waals surface area contributed by atoms with E-state index in [0.29, 0.717) is 25.7 Å². The Bertz CT molecular complexity index is 180. The summed E-state index contributed by atoms with van der Waals surface area (Å²) < 4.78 is 0. The van der Waals surface area contributed by atoms with E-state index in [1.807, 2.05) is 27.7 Å². The summed E-state index contributed by atoms with van der Waals surface area (Å²) in [7, 11) is 0. The number of aliphatic carboxylic acids is 2. The van der Waals surface area contributed by atoms with E-state index in [-0.39, 0.29) is 24.1 Å². The Morgan fingerprint density at radius 1 is 0.722 bits per heavy atom. The first-order valence-corrected chi connectivity index (χ1v) is 5.86. The van der Waals surface area contributed by atoms with E-state index in [0.717, 1.165) is 0 Å². The summed E-state index contributed by atoms with van der Waals surface area (Å²) in [6.07, 6.45) is 2.72. The molecule has 0 aromatic carbocycles. The normalized spacial score (nSPS) is 8.78. The molecule has 0 aliphatic heterocycles. The lowest BCUT2D eigenvalue weighted by Gasteiger charge is -2.11. The van der Waals surface area contributed by atoms with Gasteiger partial charge in [-0.2, -0.15) is 0 Å². The van der Waals surface area contributed by atoms with Crippen molar-refractivity contribution < 1.29 is 19.8 Å². The average Bonchev–Trinajstić information content (AvgIpc) is 2.21. The van der Waals surface area contributed by atoms with Crippen molar-refractivity contribution in [3.05, 3.63) is 0 Å². The SMILES string of the molecule is CCC(CC)C(=O)[O-].CCC(CC)C(=O)[O-].[NH4+].[NH4+]. The van der Waals surface area contributed by atoms with Crippen LogP contribution in [-0.2, 0) is 9.59 Å². The van der Waals surface area contributed by atoms with Crippen molar-refractivity contribution in [1.29, 1.82) is 0 Å². The summed E-state index contributed by atoms with van der Waals surface area (Å²) in [6.45, 7) is 7.40. The largest absolute Gasteiger partial charge is 0.550 e. The number of hydrogen-bond acceptors (Lipinski definition) is 4. The van der Waals surface area contributed by atoms with Gasteiger partial charge >= 0.3 is 0 Å². The summed E-state index contributed by atoms with van der Waals surface area (Å²) in [6, 6.07) is 0. The Balaban J connectivity index is -0.0000000980. The third kappa shape index (κ3) is 12.9. The van der Waals surface area contributed by atoms with Gasteiger partial charge in [-0.25, -0.2) is 0 Å². The highest BCUT2D eigenvalue weighted by Gasteiger charge is 2.01. The number of quaternary nitrogens is 2. The summed E-state index contributed by atoms with van der Waals surface area (Å²) in [4.78, 5) is 20.1. The van der Waals surface area contributed by atoms with Crippen molar-refractivity contribution >= 4 is 11.9 Å². The van der Waals surface area contributed by atoms with Crippen LogP contribution in [0.3, 0.4) is 0 Å². The van der Waals surface area contributed by atoms with Crippen LogP contribution in [0.4, 0.5) is 0 Å². The van der Waals surface area contributed by atoms with Crippen molar-refractivity contribution in [3.8, 4) is 0 Å². The van der Waals surface area contributed by atoms with Gasteiger partial charge in [0, 0.05) is 11.9 Å². The van der Waals surface area contributed by atoms with Gasteiger partial charge < -0.3 is 32.1 Å². The molecular formula is C12H30N2O4. The highest BCUT2D eigenvalue weighted by atomic mass is 16.4. The first-order chi connectivity index (χ1) is 7.44. The van der Waals surface area contributed by atoms with Crippen molar-refractivity contribution in [2.24, 2.45) is 11.8 Å². The van der Waals surface area contributed by atoms with Gasteiger partial charge in [0.25, 0.3) is 0 Å². The molecule has 0 saturated heterocycles. The van der Waals surface area contributed by atoms with Gasteiger partial charge in [0.1, 0.15) is 0 Å². The first kappa shape index (κ1) is 25.6. The summed E-state index contributed by atoms with van der Waals surface area (Å²) in [5.41, 5.74) is 0. The molecule has 0 saturated carbocycles. The van der Waals surface area contributed by atoms with E-state index in [9.17, 15) is 19.8 Å². The second-order valence-electron chi connectivity index (χ2n) is 3.66. The lowest BCUT2D eigenvalue weighted by molar-refractivity contribution is -0.313. The van der Waals surface area contributed by atoms with Crippen molar-refractivity contribution in [3.63, 3.8) is 0 Å². The lowest BCUT2D eigenvalue weighted by Crippen LogP contribution is -2.30. The van der Waals surface area contributed by atoms with E-state index in [1.165, 1.54) is 0 Å². The van der Waals surface area contributed by atoms with Crippen LogP contribution in [0, 0.1) is 11.8 Å². The van der Waals surface area contributed by atoms with Crippen LogP contribution in [0.2, 0.25) is 0 Å². The molecule has 0 spiro atoms. The van der Waals surface area contributed by atoms with Crippen LogP contribution in [0.25, 0.3) is 0 Å². The third-order valence-electron chi connectivity index (χ3n) is 2.64. The molecule has 6 nitrogen and oxygen atoms in total. The molecule has 0 aliphatic carbocycles. The summed E-state index contributed by atoms with van der Waals surface area (Å²) >= 11 is 0. The van der Waals surface area contributed by atoms with Gasteiger partial charge in [0.05, 0.1) is 0 Å². The van der Waals surface area contributed by atoms with Crippen LogP contribution >= 0.6 is 0 Å².